The molecular weight excluding hydrogens is 409 g/mol. The van der Waals surface area contributed by atoms with Crippen LogP contribution in [0.1, 0.15) is 24.3 Å². The number of nitrogens with zero attached hydrogens (tertiary/aromatic N) is 3. The molecule has 1 aliphatic heterocycles. The van der Waals surface area contributed by atoms with Crippen molar-refractivity contribution in [3.63, 3.8) is 0 Å². The Labute approximate surface area is 168 Å². The second-order valence-corrected chi connectivity index (χ2v) is 7.19. The van der Waals surface area contributed by atoms with Crippen LogP contribution in [0, 0.1) is 6.92 Å². The number of alkyl halides is 3. The van der Waals surface area contributed by atoms with Crippen molar-refractivity contribution in [2.45, 2.75) is 32.0 Å². The van der Waals surface area contributed by atoms with Gasteiger partial charge in [0.25, 0.3) is 0 Å². The fourth-order valence-corrected chi connectivity index (χ4v) is 3.71. The van der Waals surface area contributed by atoms with E-state index in [9.17, 15) is 18.0 Å². The lowest BCUT2D eigenvalue weighted by Gasteiger charge is -2.26. The Morgan fingerprint density at radius 3 is 2.86 bits per heavy atom. The smallest absolute Gasteiger partial charge is 0.417 e. The summed E-state index contributed by atoms with van der Waals surface area (Å²) in [4.78, 5) is 22.6. The van der Waals surface area contributed by atoms with Gasteiger partial charge in [-0.15, -0.1) is 0 Å². The van der Waals surface area contributed by atoms with Gasteiger partial charge < -0.3 is 14.6 Å². The number of oxazole rings is 1. The number of hydrogen-bond acceptors (Lipinski definition) is 5. The molecular formula is C19H16ClF3N4O2. The molecule has 4 rings (SSSR count). The minimum atomic E-state index is -4.53. The molecule has 0 aliphatic carbocycles. The summed E-state index contributed by atoms with van der Waals surface area (Å²) in [6.07, 6.45) is -2.57. The number of aromatic nitrogens is 2. The summed E-state index contributed by atoms with van der Waals surface area (Å²) in [5.41, 5.74) is 0.858. The summed E-state index contributed by atoms with van der Waals surface area (Å²) < 4.78 is 44.0. The molecule has 1 amide bonds. The minimum absolute atomic E-state index is 0.140. The van der Waals surface area contributed by atoms with Crippen molar-refractivity contribution in [3.8, 4) is 0 Å². The highest BCUT2D eigenvalue weighted by Crippen LogP contribution is 2.36. The van der Waals surface area contributed by atoms with Gasteiger partial charge >= 0.3 is 6.18 Å². The van der Waals surface area contributed by atoms with E-state index in [0.29, 0.717) is 42.1 Å². The summed E-state index contributed by atoms with van der Waals surface area (Å²) in [6, 6.07) is 5.36. The zero-order valence-corrected chi connectivity index (χ0v) is 16.0. The third kappa shape index (κ3) is 3.87. The highest BCUT2D eigenvalue weighted by Gasteiger charge is 2.35. The molecule has 6 nitrogen and oxygen atoms in total. The molecule has 152 valence electrons. The van der Waals surface area contributed by atoms with E-state index in [2.05, 4.69) is 15.3 Å². The van der Waals surface area contributed by atoms with Crippen LogP contribution in [0.15, 0.2) is 34.9 Å². The topological polar surface area (TPSA) is 71.3 Å². The van der Waals surface area contributed by atoms with Crippen LogP contribution in [0.4, 0.5) is 24.7 Å². The molecule has 1 N–H and O–H groups in total. The van der Waals surface area contributed by atoms with Gasteiger partial charge in [0.15, 0.2) is 11.5 Å². The number of nitrogens with one attached hydrogen (secondary N) is 1. The molecule has 1 aromatic carbocycles. The Hall–Kier alpha value is -2.81. The van der Waals surface area contributed by atoms with Crippen LogP contribution in [0.2, 0.25) is 5.02 Å². The molecule has 0 spiro atoms. The second-order valence-electron chi connectivity index (χ2n) is 6.78. The molecule has 0 radical (unpaired) electrons. The molecule has 0 saturated carbocycles. The zero-order chi connectivity index (χ0) is 20.8. The lowest BCUT2D eigenvalue weighted by atomic mass is 10.2. The fraction of sp³-hybridized carbons (Fsp3) is 0.316. The first-order chi connectivity index (χ1) is 13.7. The van der Waals surface area contributed by atoms with Crippen LogP contribution in [0.25, 0.3) is 11.1 Å². The van der Waals surface area contributed by atoms with Crippen molar-refractivity contribution in [1.82, 2.24) is 9.97 Å². The standard InChI is InChI=1S/C19H16ClF3N4O2/c1-10-25-14-8-12(4-5-16(14)29-10)26-18(28)15-3-2-6-27(15)17-13(20)7-11(9-24-17)19(21,22)23/h4-5,7-9,15H,2-3,6H2,1H3,(H,26,28)/t15-/m1/s1. The Morgan fingerprint density at radius 2 is 2.14 bits per heavy atom. The average Bonchev–Trinajstić information content (AvgIpc) is 3.26. The maximum Gasteiger partial charge on any atom is 0.417 e. The summed E-state index contributed by atoms with van der Waals surface area (Å²) >= 11 is 6.06. The average molecular weight is 425 g/mol. The number of rotatable bonds is 3. The van der Waals surface area contributed by atoms with E-state index in [1.54, 1.807) is 30.0 Å². The highest BCUT2D eigenvalue weighted by atomic mass is 35.5. The number of hydrogen-bond donors (Lipinski definition) is 1. The van der Waals surface area contributed by atoms with Gasteiger partial charge in [0, 0.05) is 25.4 Å². The second kappa shape index (κ2) is 7.22. The molecule has 2 aromatic heterocycles. The Kier molecular flexibility index (Phi) is 4.85. The van der Waals surface area contributed by atoms with Crippen molar-refractivity contribution in [1.29, 1.82) is 0 Å². The minimum Gasteiger partial charge on any atom is -0.441 e. The monoisotopic (exact) mass is 424 g/mol. The number of fused-ring (bicyclic) bond motifs is 1. The third-order valence-electron chi connectivity index (χ3n) is 4.74. The van der Waals surface area contributed by atoms with Crippen LogP contribution in [-0.4, -0.2) is 28.5 Å². The van der Waals surface area contributed by atoms with Gasteiger partial charge in [-0.3, -0.25) is 4.79 Å². The number of halogens is 4. The van der Waals surface area contributed by atoms with Crippen LogP contribution >= 0.6 is 11.6 Å². The molecule has 1 atom stereocenters. The van der Waals surface area contributed by atoms with Crippen molar-refractivity contribution >= 4 is 40.1 Å². The number of amides is 1. The molecule has 1 aliphatic rings. The Balaban J connectivity index is 1.55. The molecule has 1 saturated heterocycles. The van der Waals surface area contributed by atoms with Gasteiger partial charge in [0.1, 0.15) is 17.4 Å². The predicted octanol–water partition coefficient (Wildman–Crippen LogP) is 4.81. The number of carbonyl (C=O) groups excluding carboxylic acids is 1. The van der Waals surface area contributed by atoms with Crippen molar-refractivity contribution < 1.29 is 22.4 Å². The molecule has 3 aromatic rings. The first-order valence-corrected chi connectivity index (χ1v) is 9.27. The largest absolute Gasteiger partial charge is 0.441 e. The Bertz CT molecular complexity index is 1080. The van der Waals surface area contributed by atoms with Gasteiger partial charge in [-0.25, -0.2) is 9.97 Å². The number of carbonyl (C=O) groups is 1. The number of anilines is 2. The molecule has 0 bridgehead atoms. The predicted molar refractivity (Wildman–Crippen MR) is 102 cm³/mol. The van der Waals surface area contributed by atoms with E-state index in [1.807, 2.05) is 0 Å². The SMILES string of the molecule is Cc1nc2cc(NC(=O)[C@H]3CCCN3c3ncc(C(F)(F)F)cc3Cl)ccc2o1. The first kappa shape index (κ1) is 19.5. The fourth-order valence-electron chi connectivity index (χ4n) is 3.44. The van der Waals surface area contributed by atoms with Crippen molar-refractivity contribution in [3.05, 3.63) is 46.9 Å². The van der Waals surface area contributed by atoms with Crippen molar-refractivity contribution in [2.24, 2.45) is 0 Å². The zero-order valence-electron chi connectivity index (χ0n) is 15.3. The van der Waals surface area contributed by atoms with Crippen LogP contribution in [0.3, 0.4) is 0 Å². The summed E-state index contributed by atoms with van der Waals surface area (Å²) in [7, 11) is 0. The maximum absolute atomic E-state index is 12.8. The molecule has 0 unspecified atom stereocenters. The van der Waals surface area contributed by atoms with Crippen LogP contribution in [0.5, 0.6) is 0 Å². The highest BCUT2D eigenvalue weighted by molar-refractivity contribution is 6.33. The number of pyridine rings is 1. The van der Waals surface area contributed by atoms with E-state index in [0.717, 1.165) is 12.3 Å². The first-order valence-electron chi connectivity index (χ1n) is 8.90. The van der Waals surface area contributed by atoms with E-state index in [-0.39, 0.29) is 16.7 Å². The molecule has 3 heterocycles. The summed E-state index contributed by atoms with van der Waals surface area (Å²) in [5.74, 6) is 0.396. The van der Waals surface area contributed by atoms with E-state index in [4.69, 9.17) is 16.0 Å². The lowest BCUT2D eigenvalue weighted by molar-refractivity contribution is -0.137. The third-order valence-corrected chi connectivity index (χ3v) is 5.02. The van der Waals surface area contributed by atoms with Gasteiger partial charge in [-0.2, -0.15) is 13.2 Å². The quantitative estimate of drug-likeness (QED) is 0.653. The summed E-state index contributed by atoms with van der Waals surface area (Å²) in [5, 5.41) is 2.69. The molecule has 10 heteroatoms. The number of aryl methyl sites for hydroxylation is 1. The Morgan fingerprint density at radius 1 is 1.34 bits per heavy atom. The van der Waals surface area contributed by atoms with Gasteiger partial charge in [0.2, 0.25) is 5.91 Å². The van der Waals surface area contributed by atoms with Crippen LogP contribution < -0.4 is 10.2 Å². The normalized spacial score (nSPS) is 17.1. The molecule has 29 heavy (non-hydrogen) atoms. The molecule has 1 fully saturated rings. The van der Waals surface area contributed by atoms with E-state index < -0.39 is 17.8 Å². The van der Waals surface area contributed by atoms with Gasteiger partial charge in [-0.1, -0.05) is 11.6 Å². The number of benzene rings is 1. The van der Waals surface area contributed by atoms with Crippen molar-refractivity contribution in [2.75, 3.05) is 16.8 Å². The van der Waals surface area contributed by atoms with Gasteiger partial charge in [-0.05, 0) is 37.1 Å². The van der Waals surface area contributed by atoms with Gasteiger partial charge in [0.05, 0.1) is 10.6 Å². The summed E-state index contributed by atoms with van der Waals surface area (Å²) in [6.45, 7) is 2.20. The lowest BCUT2D eigenvalue weighted by Crippen LogP contribution is -2.40. The van der Waals surface area contributed by atoms with E-state index in [1.165, 1.54) is 0 Å². The van der Waals surface area contributed by atoms with Crippen LogP contribution in [-0.2, 0) is 11.0 Å². The maximum atomic E-state index is 12.8. The van der Waals surface area contributed by atoms with E-state index >= 15 is 0 Å².